The van der Waals surface area contributed by atoms with Crippen LogP contribution in [0.15, 0.2) is 42.5 Å². The average Bonchev–Trinajstić information content (AvgIpc) is 2.53. The summed E-state index contributed by atoms with van der Waals surface area (Å²) in [4.78, 5) is 0. The van der Waals surface area contributed by atoms with Crippen molar-refractivity contribution in [3.05, 3.63) is 53.6 Å². The van der Waals surface area contributed by atoms with Gasteiger partial charge in [0, 0.05) is 0 Å². The molecule has 2 aromatic rings. The molecule has 1 aliphatic rings. The molecule has 0 saturated heterocycles. The Morgan fingerprint density at radius 1 is 1.00 bits per heavy atom. The highest BCUT2D eigenvalue weighted by molar-refractivity contribution is 5.66. The number of halogens is 3. The molecule has 0 bridgehead atoms. The lowest BCUT2D eigenvalue weighted by atomic mass is 9.81. The molecule has 1 unspecified atom stereocenters. The van der Waals surface area contributed by atoms with E-state index < -0.39 is 6.36 Å². The van der Waals surface area contributed by atoms with Crippen molar-refractivity contribution in [1.29, 1.82) is 0 Å². The van der Waals surface area contributed by atoms with Crippen LogP contribution >= 0.6 is 0 Å². The van der Waals surface area contributed by atoms with Crippen LogP contribution in [0.3, 0.4) is 0 Å². The quantitative estimate of drug-likeness (QED) is 0.698. The number of benzene rings is 2. The Balaban J connectivity index is 1.80. The molecule has 0 heterocycles. The van der Waals surface area contributed by atoms with Crippen molar-refractivity contribution >= 4 is 0 Å². The normalized spacial score (nSPS) is 17.7. The van der Waals surface area contributed by atoms with E-state index in [-0.39, 0.29) is 5.75 Å². The molecular formula is C19H19F3O. The van der Waals surface area contributed by atoms with Gasteiger partial charge in [-0.1, -0.05) is 43.7 Å². The van der Waals surface area contributed by atoms with Crippen LogP contribution in [0.4, 0.5) is 13.2 Å². The van der Waals surface area contributed by atoms with E-state index in [9.17, 15) is 13.2 Å². The largest absolute Gasteiger partial charge is 0.573 e. The number of hydrogen-bond acceptors (Lipinski definition) is 1. The summed E-state index contributed by atoms with van der Waals surface area (Å²) in [6.45, 7) is 2.23. The Morgan fingerprint density at radius 3 is 2.35 bits per heavy atom. The van der Waals surface area contributed by atoms with Crippen LogP contribution in [0.2, 0.25) is 0 Å². The van der Waals surface area contributed by atoms with E-state index in [1.807, 2.05) is 0 Å². The van der Waals surface area contributed by atoms with Crippen LogP contribution in [0, 0.1) is 5.92 Å². The molecule has 2 aromatic carbocycles. The summed E-state index contributed by atoms with van der Waals surface area (Å²) in [5.41, 5.74) is 4.71. The summed E-state index contributed by atoms with van der Waals surface area (Å²) < 4.78 is 40.5. The molecule has 0 aliphatic heterocycles. The number of alkyl halides is 3. The second kappa shape index (κ2) is 6.26. The van der Waals surface area contributed by atoms with Crippen molar-refractivity contribution in [2.45, 2.75) is 39.0 Å². The van der Waals surface area contributed by atoms with Gasteiger partial charge in [0.05, 0.1) is 0 Å². The Hall–Kier alpha value is -1.97. The molecular weight excluding hydrogens is 301 g/mol. The van der Waals surface area contributed by atoms with Gasteiger partial charge in [0.25, 0.3) is 0 Å². The minimum absolute atomic E-state index is 0.190. The maximum atomic E-state index is 12.2. The number of fused-ring (bicyclic) bond motifs is 1. The minimum Gasteiger partial charge on any atom is -0.406 e. The first kappa shape index (κ1) is 15.9. The molecule has 1 nitrogen and oxygen atoms in total. The lowest BCUT2D eigenvalue weighted by Crippen LogP contribution is -2.16. The molecule has 4 heteroatoms. The van der Waals surface area contributed by atoms with E-state index in [0.717, 1.165) is 29.9 Å². The summed E-state index contributed by atoms with van der Waals surface area (Å²) in [7, 11) is 0. The molecule has 0 spiro atoms. The van der Waals surface area contributed by atoms with Crippen molar-refractivity contribution in [3.63, 3.8) is 0 Å². The first-order valence-electron chi connectivity index (χ1n) is 7.92. The standard InChI is InChI=1S/C19H19F3O/c1-2-13-3-4-17-12-16(6-5-15(17)11-13)14-7-9-18(10-8-14)23-19(20,21)22/h5-10,12-13H,2-4,11H2,1H3. The van der Waals surface area contributed by atoms with Gasteiger partial charge in [0.15, 0.2) is 0 Å². The fraction of sp³-hybridized carbons (Fsp3) is 0.368. The van der Waals surface area contributed by atoms with Crippen molar-refractivity contribution in [2.75, 3.05) is 0 Å². The monoisotopic (exact) mass is 320 g/mol. The second-order valence-electron chi connectivity index (χ2n) is 6.07. The van der Waals surface area contributed by atoms with Gasteiger partial charge in [0.1, 0.15) is 5.75 Å². The lowest BCUT2D eigenvalue weighted by molar-refractivity contribution is -0.274. The molecule has 0 aromatic heterocycles. The van der Waals surface area contributed by atoms with E-state index in [2.05, 4.69) is 29.9 Å². The van der Waals surface area contributed by atoms with Gasteiger partial charge in [-0.2, -0.15) is 0 Å². The van der Waals surface area contributed by atoms with Gasteiger partial charge in [-0.15, -0.1) is 13.2 Å². The van der Waals surface area contributed by atoms with Gasteiger partial charge >= 0.3 is 6.36 Å². The fourth-order valence-corrected chi connectivity index (χ4v) is 3.21. The van der Waals surface area contributed by atoms with Crippen molar-refractivity contribution in [2.24, 2.45) is 5.92 Å². The molecule has 1 atom stereocenters. The van der Waals surface area contributed by atoms with Gasteiger partial charge in [-0.05, 0) is 59.6 Å². The maximum Gasteiger partial charge on any atom is 0.573 e. The molecule has 0 saturated carbocycles. The number of ether oxygens (including phenoxy) is 1. The molecule has 0 fully saturated rings. The van der Waals surface area contributed by atoms with E-state index >= 15 is 0 Å². The molecule has 1 aliphatic carbocycles. The SMILES string of the molecule is CCC1CCc2cc(-c3ccc(OC(F)(F)F)cc3)ccc2C1. The van der Waals surface area contributed by atoms with Crippen molar-refractivity contribution < 1.29 is 17.9 Å². The zero-order chi connectivity index (χ0) is 16.4. The number of hydrogen-bond donors (Lipinski definition) is 0. The molecule has 0 amide bonds. The molecule has 3 rings (SSSR count). The van der Waals surface area contributed by atoms with Crippen LogP contribution in [0.25, 0.3) is 11.1 Å². The second-order valence-corrected chi connectivity index (χ2v) is 6.07. The van der Waals surface area contributed by atoms with Crippen molar-refractivity contribution in [3.8, 4) is 16.9 Å². The molecule has 0 N–H and O–H groups in total. The van der Waals surface area contributed by atoms with Gasteiger partial charge in [-0.3, -0.25) is 0 Å². The summed E-state index contributed by atoms with van der Waals surface area (Å²) in [5, 5.41) is 0. The highest BCUT2D eigenvalue weighted by Crippen LogP contribution is 2.32. The zero-order valence-electron chi connectivity index (χ0n) is 13.0. The zero-order valence-corrected chi connectivity index (χ0v) is 13.0. The Kier molecular flexibility index (Phi) is 4.33. The van der Waals surface area contributed by atoms with Gasteiger partial charge in [0.2, 0.25) is 0 Å². The third kappa shape index (κ3) is 3.87. The smallest absolute Gasteiger partial charge is 0.406 e. The third-order valence-electron chi connectivity index (χ3n) is 4.54. The first-order valence-corrected chi connectivity index (χ1v) is 7.92. The highest BCUT2D eigenvalue weighted by atomic mass is 19.4. The summed E-state index contributed by atoms with van der Waals surface area (Å²) >= 11 is 0. The Labute approximate surface area is 134 Å². The predicted octanol–water partition coefficient (Wildman–Crippen LogP) is 5.77. The summed E-state index contributed by atoms with van der Waals surface area (Å²) in [5.74, 6) is 0.581. The summed E-state index contributed by atoms with van der Waals surface area (Å²) in [6, 6.07) is 12.4. The predicted molar refractivity (Wildman–Crippen MR) is 84.4 cm³/mol. The van der Waals surface area contributed by atoms with E-state index in [1.165, 1.54) is 36.1 Å². The molecule has 0 radical (unpaired) electrons. The fourth-order valence-electron chi connectivity index (χ4n) is 3.21. The van der Waals surface area contributed by atoms with Crippen LogP contribution in [0.1, 0.15) is 30.9 Å². The van der Waals surface area contributed by atoms with Crippen LogP contribution in [-0.2, 0) is 12.8 Å². The molecule has 122 valence electrons. The Morgan fingerprint density at radius 2 is 1.70 bits per heavy atom. The van der Waals surface area contributed by atoms with E-state index in [4.69, 9.17) is 0 Å². The van der Waals surface area contributed by atoms with Crippen LogP contribution < -0.4 is 4.74 Å². The minimum atomic E-state index is -4.65. The van der Waals surface area contributed by atoms with Gasteiger partial charge in [-0.25, -0.2) is 0 Å². The summed E-state index contributed by atoms with van der Waals surface area (Å²) in [6.07, 6.45) is -0.0161. The molecule has 23 heavy (non-hydrogen) atoms. The maximum absolute atomic E-state index is 12.2. The number of aryl methyl sites for hydroxylation is 1. The number of rotatable bonds is 3. The Bertz CT molecular complexity index is 674. The van der Waals surface area contributed by atoms with Crippen LogP contribution in [0.5, 0.6) is 5.75 Å². The first-order chi connectivity index (χ1) is 10.9. The van der Waals surface area contributed by atoms with Crippen LogP contribution in [-0.4, -0.2) is 6.36 Å². The lowest BCUT2D eigenvalue weighted by Gasteiger charge is -2.24. The highest BCUT2D eigenvalue weighted by Gasteiger charge is 2.31. The average molecular weight is 320 g/mol. The van der Waals surface area contributed by atoms with E-state index in [1.54, 1.807) is 12.1 Å². The van der Waals surface area contributed by atoms with Crippen molar-refractivity contribution in [1.82, 2.24) is 0 Å². The topological polar surface area (TPSA) is 9.23 Å². The van der Waals surface area contributed by atoms with Gasteiger partial charge < -0.3 is 4.74 Å². The van der Waals surface area contributed by atoms with E-state index in [0.29, 0.717) is 0 Å². The third-order valence-corrected chi connectivity index (χ3v) is 4.54.